The van der Waals surface area contributed by atoms with Crippen LogP contribution in [0.5, 0.6) is 0 Å². The molecule has 2 aromatic heterocycles. The first kappa shape index (κ1) is 14.4. The molecule has 0 amide bonds. The average molecular weight is 317 g/mol. The van der Waals surface area contributed by atoms with Gasteiger partial charge in [0.2, 0.25) is 0 Å². The summed E-state index contributed by atoms with van der Waals surface area (Å²) >= 11 is 0. The van der Waals surface area contributed by atoms with Gasteiger partial charge in [0.1, 0.15) is 5.82 Å². The Kier molecular flexibility index (Phi) is 3.50. The highest BCUT2D eigenvalue weighted by atomic mass is 32.2. The first-order valence-electron chi connectivity index (χ1n) is 6.40. The third-order valence-corrected chi connectivity index (χ3v) is 4.16. The molecule has 0 radical (unpaired) electrons. The fourth-order valence-electron chi connectivity index (χ4n) is 2.07. The van der Waals surface area contributed by atoms with Gasteiger partial charge in [-0.25, -0.2) is 22.8 Å². The molecule has 0 atom stereocenters. The van der Waals surface area contributed by atoms with Crippen molar-refractivity contribution in [3.8, 4) is 16.9 Å². The summed E-state index contributed by atoms with van der Waals surface area (Å²) in [4.78, 5) is 8.05. The van der Waals surface area contributed by atoms with E-state index in [4.69, 9.17) is 0 Å². The molecule has 0 aliphatic heterocycles. The monoisotopic (exact) mass is 317 g/mol. The molecular formula is C15H12FN3O2S. The van der Waals surface area contributed by atoms with E-state index in [-0.39, 0.29) is 10.8 Å². The SMILES string of the molecule is CS(=O)(=O)c1ccc(-n2cncc2-c2ccc(F)cc2)cn1. The lowest BCUT2D eigenvalue weighted by molar-refractivity contribution is 0.598. The summed E-state index contributed by atoms with van der Waals surface area (Å²) in [6.07, 6.45) is 5.81. The summed E-state index contributed by atoms with van der Waals surface area (Å²) in [5.74, 6) is -0.311. The maximum Gasteiger partial charge on any atom is 0.192 e. The average Bonchev–Trinajstić information content (AvgIpc) is 2.97. The van der Waals surface area contributed by atoms with E-state index in [0.29, 0.717) is 5.69 Å². The number of imidazole rings is 1. The largest absolute Gasteiger partial charge is 0.297 e. The minimum absolute atomic E-state index is 0.0136. The van der Waals surface area contributed by atoms with Crippen LogP contribution in [0, 0.1) is 5.82 Å². The van der Waals surface area contributed by atoms with E-state index in [9.17, 15) is 12.8 Å². The summed E-state index contributed by atoms with van der Waals surface area (Å²) in [6, 6.07) is 9.15. The van der Waals surface area contributed by atoms with Gasteiger partial charge in [-0.1, -0.05) is 0 Å². The second-order valence-corrected chi connectivity index (χ2v) is 6.75. The van der Waals surface area contributed by atoms with Crippen molar-refractivity contribution in [1.82, 2.24) is 14.5 Å². The number of sulfone groups is 1. The Morgan fingerprint density at radius 1 is 1.05 bits per heavy atom. The number of hydrogen-bond acceptors (Lipinski definition) is 4. The number of halogens is 1. The van der Waals surface area contributed by atoms with Gasteiger partial charge in [0.15, 0.2) is 14.9 Å². The maximum absolute atomic E-state index is 13.0. The number of pyridine rings is 1. The summed E-state index contributed by atoms with van der Waals surface area (Å²) < 4.78 is 37.6. The van der Waals surface area contributed by atoms with Gasteiger partial charge < -0.3 is 0 Å². The highest BCUT2D eigenvalue weighted by Crippen LogP contribution is 2.23. The van der Waals surface area contributed by atoms with Crippen LogP contribution in [0.4, 0.5) is 4.39 Å². The van der Waals surface area contributed by atoms with Crippen LogP contribution in [0.25, 0.3) is 16.9 Å². The molecule has 0 unspecified atom stereocenters. The molecule has 3 rings (SSSR count). The van der Waals surface area contributed by atoms with Crippen molar-refractivity contribution >= 4 is 9.84 Å². The van der Waals surface area contributed by atoms with E-state index < -0.39 is 9.84 Å². The zero-order valence-corrected chi connectivity index (χ0v) is 12.5. The fourth-order valence-corrected chi connectivity index (χ4v) is 2.63. The summed E-state index contributed by atoms with van der Waals surface area (Å²) in [5, 5.41) is 0.0136. The van der Waals surface area contributed by atoms with Crippen LogP contribution in [-0.4, -0.2) is 29.2 Å². The quantitative estimate of drug-likeness (QED) is 0.744. The number of nitrogens with zero attached hydrogens (tertiary/aromatic N) is 3. The summed E-state index contributed by atoms with van der Waals surface area (Å²) in [6.45, 7) is 0. The van der Waals surface area contributed by atoms with Crippen LogP contribution in [0.1, 0.15) is 0 Å². The second kappa shape index (κ2) is 5.34. The van der Waals surface area contributed by atoms with Gasteiger partial charge in [0.05, 0.1) is 30.1 Å². The third-order valence-electron chi connectivity index (χ3n) is 3.16. The molecule has 5 nitrogen and oxygen atoms in total. The highest BCUT2D eigenvalue weighted by Gasteiger charge is 2.11. The fraction of sp³-hybridized carbons (Fsp3) is 0.0667. The van der Waals surface area contributed by atoms with Crippen molar-refractivity contribution in [3.63, 3.8) is 0 Å². The zero-order chi connectivity index (χ0) is 15.7. The van der Waals surface area contributed by atoms with E-state index in [1.165, 1.54) is 24.4 Å². The van der Waals surface area contributed by atoms with E-state index >= 15 is 0 Å². The molecule has 0 aliphatic carbocycles. The number of aromatic nitrogens is 3. The smallest absolute Gasteiger partial charge is 0.192 e. The Bertz CT molecular complexity index is 901. The lowest BCUT2D eigenvalue weighted by atomic mass is 10.1. The topological polar surface area (TPSA) is 64.8 Å². The molecule has 0 aliphatic rings. The number of rotatable bonds is 3. The lowest BCUT2D eigenvalue weighted by Gasteiger charge is -2.08. The molecule has 0 saturated carbocycles. The Hall–Kier alpha value is -2.54. The van der Waals surface area contributed by atoms with Crippen LogP contribution in [0.3, 0.4) is 0 Å². The second-order valence-electron chi connectivity index (χ2n) is 4.78. The molecule has 0 saturated heterocycles. The Labute approximate surface area is 127 Å². The third kappa shape index (κ3) is 2.75. The van der Waals surface area contributed by atoms with Crippen LogP contribution in [-0.2, 0) is 9.84 Å². The van der Waals surface area contributed by atoms with Crippen molar-refractivity contribution in [2.24, 2.45) is 0 Å². The molecule has 22 heavy (non-hydrogen) atoms. The minimum Gasteiger partial charge on any atom is -0.297 e. The first-order chi connectivity index (χ1) is 10.4. The Balaban J connectivity index is 2.03. The van der Waals surface area contributed by atoms with Gasteiger partial charge in [-0.15, -0.1) is 0 Å². The maximum atomic E-state index is 13.0. The molecule has 1 aromatic carbocycles. The van der Waals surface area contributed by atoms with Crippen LogP contribution >= 0.6 is 0 Å². The molecule has 0 N–H and O–H groups in total. The van der Waals surface area contributed by atoms with Gasteiger partial charge >= 0.3 is 0 Å². The van der Waals surface area contributed by atoms with Crippen molar-refractivity contribution in [2.45, 2.75) is 5.03 Å². The zero-order valence-electron chi connectivity index (χ0n) is 11.6. The molecule has 0 fully saturated rings. The minimum atomic E-state index is -3.33. The van der Waals surface area contributed by atoms with E-state index in [1.54, 1.807) is 35.3 Å². The first-order valence-corrected chi connectivity index (χ1v) is 8.29. The molecule has 0 spiro atoms. The van der Waals surface area contributed by atoms with Crippen molar-refractivity contribution < 1.29 is 12.8 Å². The predicted octanol–water partition coefficient (Wildman–Crippen LogP) is 2.48. The Morgan fingerprint density at radius 2 is 1.77 bits per heavy atom. The van der Waals surface area contributed by atoms with Crippen LogP contribution < -0.4 is 0 Å². The molecule has 0 bridgehead atoms. The van der Waals surface area contributed by atoms with Crippen molar-refractivity contribution in [3.05, 3.63) is 60.9 Å². The molecule has 3 aromatic rings. The van der Waals surface area contributed by atoms with Gasteiger partial charge in [-0.05, 0) is 36.4 Å². The standard InChI is InChI=1S/C15H12FN3O2S/c1-22(20,21)15-7-6-13(8-18-15)19-10-17-9-14(19)11-2-4-12(16)5-3-11/h2-10H,1H3. The van der Waals surface area contributed by atoms with Gasteiger partial charge in [0.25, 0.3) is 0 Å². The normalized spacial score (nSPS) is 11.5. The molecular weight excluding hydrogens is 305 g/mol. The van der Waals surface area contributed by atoms with E-state index in [0.717, 1.165) is 17.5 Å². The highest BCUT2D eigenvalue weighted by molar-refractivity contribution is 7.90. The van der Waals surface area contributed by atoms with Gasteiger partial charge in [0, 0.05) is 11.8 Å². The van der Waals surface area contributed by atoms with E-state index in [1.807, 2.05) is 0 Å². The van der Waals surface area contributed by atoms with Crippen molar-refractivity contribution in [2.75, 3.05) is 6.26 Å². The van der Waals surface area contributed by atoms with Crippen LogP contribution in [0.15, 0.2) is 60.1 Å². The molecule has 2 heterocycles. The van der Waals surface area contributed by atoms with Crippen molar-refractivity contribution in [1.29, 1.82) is 0 Å². The number of benzene rings is 1. The number of hydrogen-bond donors (Lipinski definition) is 0. The molecule has 7 heteroatoms. The van der Waals surface area contributed by atoms with Crippen LogP contribution in [0.2, 0.25) is 0 Å². The van der Waals surface area contributed by atoms with E-state index in [2.05, 4.69) is 9.97 Å². The summed E-state index contributed by atoms with van der Waals surface area (Å²) in [5.41, 5.74) is 2.23. The summed E-state index contributed by atoms with van der Waals surface area (Å²) in [7, 11) is -3.33. The predicted molar refractivity (Wildman–Crippen MR) is 79.9 cm³/mol. The van der Waals surface area contributed by atoms with Gasteiger partial charge in [-0.2, -0.15) is 0 Å². The molecule has 112 valence electrons. The van der Waals surface area contributed by atoms with Gasteiger partial charge in [-0.3, -0.25) is 4.57 Å². The Morgan fingerprint density at radius 3 is 2.36 bits per heavy atom. The lowest BCUT2D eigenvalue weighted by Crippen LogP contribution is -2.02.